The second-order valence-electron chi connectivity index (χ2n) is 10.3. The van der Waals surface area contributed by atoms with Gasteiger partial charge in [0.25, 0.3) is 0 Å². The lowest BCUT2D eigenvalue weighted by Crippen LogP contribution is -2.71. The highest BCUT2D eigenvalue weighted by atomic mass is 19.4. The fraction of sp³-hybridized carbons (Fsp3) is 0.909. The first-order chi connectivity index (χ1) is 21.0. The summed E-state index contributed by atoms with van der Waals surface area (Å²) >= 11 is 0. The van der Waals surface area contributed by atoms with Gasteiger partial charge in [-0.05, 0) is 0 Å². The summed E-state index contributed by atoms with van der Waals surface area (Å²) in [6.07, 6.45) is -33.5. The molecule has 0 aromatic carbocycles. The molecule has 0 bridgehead atoms. The van der Waals surface area contributed by atoms with Crippen LogP contribution in [-0.4, -0.2) is 137 Å². The van der Waals surface area contributed by atoms with E-state index < -0.39 is 116 Å². The van der Waals surface area contributed by atoms with Crippen LogP contribution in [0.2, 0.25) is 0 Å². The summed E-state index contributed by atoms with van der Waals surface area (Å²) in [5.41, 5.74) is 0. The minimum Gasteiger partial charge on any atom is -0.394 e. The number of esters is 1. The molecule has 0 aromatic rings. The number of alkyl halides is 13. The van der Waals surface area contributed by atoms with Crippen molar-refractivity contribution in [1.29, 1.82) is 0 Å². The van der Waals surface area contributed by atoms with Crippen LogP contribution in [0.4, 0.5) is 57.1 Å². The third-order valence-electron chi connectivity index (χ3n) is 7.07. The van der Waals surface area contributed by atoms with Gasteiger partial charge in [0.05, 0.1) is 18.8 Å². The van der Waals surface area contributed by atoms with E-state index >= 15 is 0 Å². The van der Waals surface area contributed by atoms with Crippen LogP contribution in [0.1, 0.15) is 13.8 Å². The number of nitrogens with one attached hydrogen (secondary N) is 1. The van der Waals surface area contributed by atoms with E-state index in [-0.39, 0.29) is 0 Å². The highest BCUT2D eigenvalue weighted by Crippen LogP contribution is 2.60. The van der Waals surface area contributed by atoms with E-state index in [1.54, 1.807) is 0 Å². The molecule has 0 aliphatic carbocycles. The van der Waals surface area contributed by atoms with Gasteiger partial charge in [-0.3, -0.25) is 4.79 Å². The van der Waals surface area contributed by atoms with Crippen molar-refractivity contribution in [3.8, 4) is 0 Å². The zero-order chi connectivity index (χ0) is 36.9. The molecule has 0 spiro atoms. The lowest BCUT2D eigenvalue weighted by Gasteiger charge is -2.47. The third kappa shape index (κ3) is 7.07. The number of carbonyl (C=O) groups excluding carboxylic acids is 2. The van der Waals surface area contributed by atoms with E-state index in [9.17, 15) is 87.1 Å². The maximum Gasteiger partial charge on any atom is 0.473 e. The molecule has 0 saturated carbocycles. The van der Waals surface area contributed by atoms with Gasteiger partial charge in [0.2, 0.25) is 5.91 Å². The molecule has 276 valence electrons. The van der Waals surface area contributed by atoms with Crippen LogP contribution in [0, 0.1) is 5.92 Å². The molecule has 2 rings (SSSR count). The first-order valence-electron chi connectivity index (χ1n) is 12.7. The summed E-state index contributed by atoms with van der Waals surface area (Å²) in [7, 11) is 0.655. The van der Waals surface area contributed by atoms with Crippen LogP contribution in [-0.2, 0) is 33.3 Å². The van der Waals surface area contributed by atoms with Crippen molar-refractivity contribution in [3.05, 3.63) is 0 Å². The molecule has 1 amide bonds. The van der Waals surface area contributed by atoms with Gasteiger partial charge in [-0.1, -0.05) is 6.92 Å². The van der Waals surface area contributed by atoms with Gasteiger partial charge in [-0.2, -0.15) is 57.1 Å². The van der Waals surface area contributed by atoms with Crippen molar-refractivity contribution in [2.24, 2.45) is 5.92 Å². The Labute approximate surface area is 253 Å². The van der Waals surface area contributed by atoms with Gasteiger partial charge in [0, 0.05) is 20.0 Å². The molecule has 0 aromatic heterocycles. The number of methoxy groups -OCH3 is 1. The van der Waals surface area contributed by atoms with E-state index in [0.717, 1.165) is 6.92 Å². The van der Waals surface area contributed by atoms with Crippen LogP contribution < -0.4 is 5.32 Å². The predicted octanol–water partition coefficient (Wildman–Crippen LogP) is 0.923. The average Bonchev–Trinajstić information content (AvgIpc) is 2.93. The lowest BCUT2D eigenvalue weighted by atomic mass is 9.88. The molecule has 2 aliphatic heterocycles. The number of aliphatic hydroxyl groups is 4. The number of ether oxygens (including phenoxy) is 5. The number of carbonyl (C=O) groups is 2. The molecule has 2 aliphatic rings. The zero-order valence-corrected chi connectivity index (χ0v) is 23.5. The summed E-state index contributed by atoms with van der Waals surface area (Å²) in [4.78, 5) is 24.3. The minimum atomic E-state index is -8.31. The van der Waals surface area contributed by atoms with E-state index in [0.29, 0.717) is 7.11 Å². The Bertz CT molecular complexity index is 1130. The molecule has 5 N–H and O–H groups in total. The quantitative estimate of drug-likeness (QED) is 0.151. The van der Waals surface area contributed by atoms with Gasteiger partial charge in [0.15, 0.2) is 18.7 Å². The van der Waals surface area contributed by atoms with Crippen molar-refractivity contribution >= 4 is 11.9 Å². The average molecular weight is 727 g/mol. The molecule has 2 fully saturated rings. The number of aliphatic hydroxyl groups excluding tert-OH is 4. The van der Waals surface area contributed by atoms with Crippen LogP contribution in [0.5, 0.6) is 0 Å². The van der Waals surface area contributed by atoms with E-state index in [4.69, 9.17) is 14.2 Å². The monoisotopic (exact) mass is 727 g/mol. The summed E-state index contributed by atoms with van der Waals surface area (Å²) in [6.45, 7) is 1.13. The fourth-order valence-electron chi connectivity index (χ4n) is 4.37. The number of amides is 1. The van der Waals surface area contributed by atoms with Gasteiger partial charge in [-0.25, -0.2) is 4.79 Å². The van der Waals surface area contributed by atoms with Crippen LogP contribution in [0.15, 0.2) is 0 Å². The van der Waals surface area contributed by atoms with Gasteiger partial charge >= 0.3 is 41.9 Å². The van der Waals surface area contributed by atoms with Crippen LogP contribution in [0.3, 0.4) is 0 Å². The van der Waals surface area contributed by atoms with Crippen molar-refractivity contribution < 1.29 is 111 Å². The van der Waals surface area contributed by atoms with Crippen molar-refractivity contribution in [3.63, 3.8) is 0 Å². The number of hydrogen-bond donors (Lipinski definition) is 5. The molecular formula is C22H26F13NO11. The lowest BCUT2D eigenvalue weighted by molar-refractivity contribution is -0.461. The smallest absolute Gasteiger partial charge is 0.394 e. The zero-order valence-electron chi connectivity index (χ0n) is 23.5. The molecule has 12 nitrogen and oxygen atoms in total. The molecule has 25 heteroatoms. The number of hydrogen-bond acceptors (Lipinski definition) is 11. The second kappa shape index (κ2) is 13.5. The van der Waals surface area contributed by atoms with Crippen molar-refractivity contribution in [2.75, 3.05) is 13.7 Å². The first kappa shape index (κ1) is 40.9. The molecule has 2 heterocycles. The third-order valence-corrected chi connectivity index (χ3v) is 7.07. The highest BCUT2D eigenvalue weighted by Gasteiger charge is 2.92. The van der Waals surface area contributed by atoms with Gasteiger partial charge in [0.1, 0.15) is 24.4 Å². The van der Waals surface area contributed by atoms with Crippen molar-refractivity contribution in [1.82, 2.24) is 5.32 Å². The van der Waals surface area contributed by atoms with E-state index in [2.05, 4.69) is 14.8 Å². The number of halogens is 13. The first-order valence-corrected chi connectivity index (χ1v) is 12.7. The predicted molar refractivity (Wildman–Crippen MR) is 118 cm³/mol. The minimum absolute atomic E-state index is 0.655. The Balaban J connectivity index is 2.53. The Morgan fingerprint density at radius 3 is 1.72 bits per heavy atom. The maximum atomic E-state index is 14.4. The molecule has 0 radical (unpaired) electrons. The molecule has 10 atom stereocenters. The van der Waals surface area contributed by atoms with Crippen LogP contribution >= 0.6 is 0 Å². The summed E-state index contributed by atoms with van der Waals surface area (Å²) in [6, 6.07) is -1.55. The largest absolute Gasteiger partial charge is 0.473 e. The van der Waals surface area contributed by atoms with Gasteiger partial charge in [-0.15, -0.1) is 0 Å². The highest BCUT2D eigenvalue weighted by molar-refractivity contribution is 5.76. The Morgan fingerprint density at radius 2 is 1.28 bits per heavy atom. The summed E-state index contributed by atoms with van der Waals surface area (Å²) < 4.78 is 198. The van der Waals surface area contributed by atoms with Crippen molar-refractivity contribution in [2.45, 2.75) is 105 Å². The van der Waals surface area contributed by atoms with E-state index in [1.165, 1.54) is 6.92 Å². The van der Waals surface area contributed by atoms with Gasteiger partial charge < -0.3 is 49.4 Å². The molecule has 47 heavy (non-hydrogen) atoms. The molecule has 2 saturated heterocycles. The molecule has 4 unspecified atom stereocenters. The van der Waals surface area contributed by atoms with E-state index in [1.807, 2.05) is 0 Å². The summed E-state index contributed by atoms with van der Waals surface area (Å²) in [5, 5.41) is 42.7. The normalized spacial score (nSPS) is 33.4. The second-order valence-corrected chi connectivity index (χ2v) is 10.3. The van der Waals surface area contributed by atoms with Crippen LogP contribution in [0.25, 0.3) is 0 Å². The Kier molecular flexibility index (Phi) is 11.8. The fourth-order valence-corrected chi connectivity index (χ4v) is 4.37. The standard InChI is InChI=1S/C22H26F13NO11/c1-5-8(36-6(2)38)15(44-7(4-37)9(5)39)45-12-10(40)11(41)16(43-3)46-13(12)14(42)47-22(34,35)20(29,30)18(25,26)17(23,24)19(27,28)21(31,32)33/h5,7-13,15-16,37,39-41H,4H2,1-3H3,(H,36,38)/t5-,7?,8?,9-,10-,11?,12-,13?,15+,16-/m1/s1. The number of rotatable bonds is 11. The SMILES string of the molecule is CO[C@@H]1OC(C(=O)OC(F)(F)C(F)(F)C(F)(F)C(F)(F)C(F)(F)C(F)(F)F)[C@H](O[C@@H]2OC(CO)[C@H](O)[C@H](C)C2NC(C)=O)[C@H](O)C1O. The Morgan fingerprint density at radius 1 is 0.766 bits per heavy atom. The maximum absolute atomic E-state index is 14.4. The Hall–Kier alpha value is -2.29. The summed E-state index contributed by atoms with van der Waals surface area (Å²) in [5.74, 6) is -37.8. The molecular weight excluding hydrogens is 701 g/mol. The topological polar surface area (TPSA) is 173 Å².